The van der Waals surface area contributed by atoms with Gasteiger partial charge in [0.25, 0.3) is 0 Å². The standard InChI is InChI=1S/C23H37NO5.H2O/c1-4-24-10-21(11-28-2)6-5-17(25)23-13-7-12-15(29-3)9-22(27,18(13)19(12)26)14(20(23)24)8-16(21)23;/h12-20,25-27H,4-11H2,1-3H3;1H2/t12-,13+,14+,15+,16+,17+,18+,19+,20?,21+,22+,23-;/m1./s1. The molecule has 7 heteroatoms. The largest absolute Gasteiger partial charge is 0.412 e. The first-order chi connectivity index (χ1) is 13.9. The second-order valence-electron chi connectivity index (χ2n) is 11.2. The van der Waals surface area contributed by atoms with Crippen molar-refractivity contribution in [2.75, 3.05) is 33.9 Å². The van der Waals surface area contributed by atoms with E-state index >= 15 is 0 Å². The Morgan fingerprint density at radius 1 is 1.13 bits per heavy atom. The van der Waals surface area contributed by atoms with Crippen molar-refractivity contribution in [3.8, 4) is 0 Å². The summed E-state index contributed by atoms with van der Waals surface area (Å²) in [6, 6.07) is 0.200. The van der Waals surface area contributed by atoms with Crippen LogP contribution in [0.15, 0.2) is 0 Å². The fourth-order valence-corrected chi connectivity index (χ4v) is 10.4. The second kappa shape index (κ2) is 6.62. The van der Waals surface area contributed by atoms with Gasteiger partial charge in [0, 0.05) is 61.8 Å². The molecule has 0 aromatic heterocycles. The molecule has 1 unspecified atom stereocenters. The molecule has 0 aromatic rings. The SMILES string of the molecule is CCN1C[C@]2(COC)CC[C@H](O)[C@]34C1[C@H](C[C@@H]23)[C@@]1(O)C[C@H](OC)[C@H]2C[C@H]4[C@H]1[C@H]2O.O. The van der Waals surface area contributed by atoms with Crippen molar-refractivity contribution in [3.63, 3.8) is 0 Å². The highest BCUT2D eigenvalue weighted by atomic mass is 16.5. The van der Waals surface area contributed by atoms with Crippen LogP contribution in [0.2, 0.25) is 0 Å². The third-order valence-corrected chi connectivity index (χ3v) is 10.9. The smallest absolute Gasteiger partial charge is 0.0771 e. The molecule has 0 amide bonds. The first-order valence-corrected chi connectivity index (χ1v) is 11.7. The monoisotopic (exact) mass is 425 g/mol. The Balaban J connectivity index is 0.00000193. The summed E-state index contributed by atoms with van der Waals surface area (Å²) < 4.78 is 11.6. The summed E-state index contributed by atoms with van der Waals surface area (Å²) in [6.07, 6.45) is 3.27. The van der Waals surface area contributed by atoms with Crippen LogP contribution in [0, 0.1) is 40.4 Å². The molecule has 5 N–H and O–H groups in total. The van der Waals surface area contributed by atoms with Gasteiger partial charge in [-0.1, -0.05) is 6.92 Å². The zero-order valence-electron chi connectivity index (χ0n) is 18.5. The molecular weight excluding hydrogens is 386 g/mol. The molecule has 172 valence electrons. The van der Waals surface area contributed by atoms with Gasteiger partial charge in [-0.25, -0.2) is 0 Å². The van der Waals surface area contributed by atoms with Gasteiger partial charge in [-0.3, -0.25) is 4.90 Å². The molecule has 7 bridgehead atoms. The Bertz CT molecular complexity index is 707. The molecule has 1 saturated heterocycles. The van der Waals surface area contributed by atoms with Crippen molar-refractivity contribution in [2.24, 2.45) is 40.4 Å². The molecule has 5 saturated carbocycles. The van der Waals surface area contributed by atoms with Gasteiger partial charge < -0.3 is 30.3 Å². The first-order valence-electron chi connectivity index (χ1n) is 11.7. The minimum atomic E-state index is -0.901. The van der Waals surface area contributed by atoms with Gasteiger partial charge >= 0.3 is 0 Å². The Morgan fingerprint density at radius 3 is 2.57 bits per heavy atom. The van der Waals surface area contributed by atoms with E-state index in [2.05, 4.69) is 11.8 Å². The Labute approximate surface area is 179 Å². The molecule has 1 heterocycles. The summed E-state index contributed by atoms with van der Waals surface area (Å²) in [7, 11) is 3.52. The van der Waals surface area contributed by atoms with Crippen LogP contribution in [-0.4, -0.2) is 89.6 Å². The Hall–Kier alpha value is -0.280. The van der Waals surface area contributed by atoms with Gasteiger partial charge in [0.05, 0.1) is 30.5 Å². The lowest BCUT2D eigenvalue weighted by Crippen LogP contribution is -2.76. The second-order valence-corrected chi connectivity index (χ2v) is 11.2. The van der Waals surface area contributed by atoms with Crippen molar-refractivity contribution in [1.29, 1.82) is 0 Å². The van der Waals surface area contributed by atoms with Crippen LogP contribution < -0.4 is 0 Å². The number of likely N-dealkylation sites (tertiary alicyclic amines) is 1. The lowest BCUT2D eigenvalue weighted by molar-refractivity contribution is -0.272. The van der Waals surface area contributed by atoms with Gasteiger partial charge in [-0.05, 0) is 44.1 Å². The third kappa shape index (κ3) is 2.07. The van der Waals surface area contributed by atoms with Crippen LogP contribution in [0.25, 0.3) is 0 Å². The van der Waals surface area contributed by atoms with Gasteiger partial charge in [-0.15, -0.1) is 0 Å². The Morgan fingerprint density at radius 2 is 1.90 bits per heavy atom. The van der Waals surface area contributed by atoms with E-state index in [0.29, 0.717) is 12.3 Å². The van der Waals surface area contributed by atoms with E-state index in [1.54, 1.807) is 14.2 Å². The zero-order chi connectivity index (χ0) is 20.3. The fraction of sp³-hybridized carbons (Fsp3) is 1.00. The molecule has 0 aromatic carbocycles. The van der Waals surface area contributed by atoms with Crippen molar-refractivity contribution in [1.82, 2.24) is 4.90 Å². The van der Waals surface area contributed by atoms with Gasteiger partial charge in [0.2, 0.25) is 0 Å². The van der Waals surface area contributed by atoms with Crippen LogP contribution in [-0.2, 0) is 9.47 Å². The molecule has 1 spiro atoms. The number of aliphatic hydroxyl groups is 3. The minimum Gasteiger partial charge on any atom is -0.412 e. The number of hydrogen-bond donors (Lipinski definition) is 3. The van der Waals surface area contributed by atoms with Crippen LogP contribution in [0.1, 0.15) is 39.0 Å². The van der Waals surface area contributed by atoms with E-state index in [9.17, 15) is 15.3 Å². The van der Waals surface area contributed by atoms with Crippen LogP contribution in [0.3, 0.4) is 0 Å². The maximum Gasteiger partial charge on any atom is 0.0771 e. The lowest BCUT2D eigenvalue weighted by atomic mass is 9.43. The van der Waals surface area contributed by atoms with Crippen LogP contribution in [0.4, 0.5) is 0 Å². The average molecular weight is 426 g/mol. The van der Waals surface area contributed by atoms with Crippen LogP contribution in [0.5, 0.6) is 0 Å². The molecule has 12 atom stereocenters. The van der Waals surface area contributed by atoms with E-state index in [4.69, 9.17) is 9.47 Å². The lowest BCUT2D eigenvalue weighted by Gasteiger charge is -2.69. The number of piperidine rings is 1. The summed E-state index contributed by atoms with van der Waals surface area (Å²) in [5, 5.41) is 35.2. The highest BCUT2D eigenvalue weighted by Gasteiger charge is 2.83. The van der Waals surface area contributed by atoms with Gasteiger partial charge in [0.15, 0.2) is 0 Å². The molecule has 7 nitrogen and oxygen atoms in total. The quantitative estimate of drug-likeness (QED) is 0.587. The molecule has 30 heavy (non-hydrogen) atoms. The van der Waals surface area contributed by atoms with Crippen molar-refractivity contribution in [3.05, 3.63) is 0 Å². The highest BCUT2D eigenvalue weighted by Crippen LogP contribution is 2.78. The highest BCUT2D eigenvalue weighted by molar-refractivity contribution is 5.33. The molecule has 6 fully saturated rings. The van der Waals surface area contributed by atoms with Crippen molar-refractivity contribution < 1.29 is 30.3 Å². The molecular formula is C23H39NO6. The maximum atomic E-state index is 12.2. The number of ether oxygens (including phenoxy) is 2. The minimum absolute atomic E-state index is 0. The van der Waals surface area contributed by atoms with Gasteiger partial charge in [-0.2, -0.15) is 0 Å². The molecule has 6 rings (SSSR count). The predicted octanol–water partition coefficient (Wildman–Crippen LogP) is 0.0524. The van der Waals surface area contributed by atoms with Crippen LogP contribution >= 0.6 is 0 Å². The summed E-state index contributed by atoms with van der Waals surface area (Å²) in [5.74, 6) is 0.553. The summed E-state index contributed by atoms with van der Waals surface area (Å²) in [5.41, 5.74) is -1.08. The predicted molar refractivity (Wildman–Crippen MR) is 110 cm³/mol. The van der Waals surface area contributed by atoms with Gasteiger partial charge in [0.1, 0.15) is 0 Å². The number of fused-ring (bicyclic) bond motifs is 2. The summed E-state index contributed by atoms with van der Waals surface area (Å²) in [4.78, 5) is 2.57. The zero-order valence-corrected chi connectivity index (χ0v) is 18.5. The number of hydrogen-bond acceptors (Lipinski definition) is 6. The van der Waals surface area contributed by atoms with E-state index in [0.717, 1.165) is 45.4 Å². The average Bonchev–Trinajstić information content (AvgIpc) is 3.13. The molecule has 1 aliphatic heterocycles. The van der Waals surface area contributed by atoms with E-state index in [1.807, 2.05) is 0 Å². The van der Waals surface area contributed by atoms with E-state index < -0.39 is 11.7 Å². The maximum absolute atomic E-state index is 12.2. The fourth-order valence-electron chi connectivity index (χ4n) is 10.4. The Kier molecular flexibility index (Phi) is 4.76. The van der Waals surface area contributed by atoms with E-state index in [1.165, 1.54) is 0 Å². The normalized spacial score (nSPS) is 60.4. The van der Waals surface area contributed by atoms with E-state index in [-0.39, 0.29) is 58.2 Å². The topological polar surface area (TPSA) is 114 Å². The number of methoxy groups -OCH3 is 2. The number of rotatable bonds is 4. The molecule has 5 aliphatic carbocycles. The van der Waals surface area contributed by atoms with Crippen molar-refractivity contribution in [2.45, 2.75) is 69.0 Å². The molecule has 6 aliphatic rings. The first kappa shape index (κ1) is 21.6. The number of aliphatic hydroxyl groups excluding tert-OH is 2. The van der Waals surface area contributed by atoms with Crippen molar-refractivity contribution >= 4 is 0 Å². The number of nitrogens with zero attached hydrogens (tertiary/aromatic N) is 1. The summed E-state index contributed by atoms with van der Waals surface area (Å²) >= 11 is 0. The summed E-state index contributed by atoms with van der Waals surface area (Å²) in [6.45, 7) is 4.88. The third-order valence-electron chi connectivity index (χ3n) is 10.9. The molecule has 0 radical (unpaired) electrons.